The van der Waals surface area contributed by atoms with Crippen LogP contribution in [0.25, 0.3) is 11.0 Å². The van der Waals surface area contributed by atoms with Crippen molar-refractivity contribution in [2.45, 2.75) is 38.8 Å². The fourth-order valence-corrected chi connectivity index (χ4v) is 2.65. The standard InChI is InChI=1S/C20H23N3O2/c1-20(2,3)25-19(24)23-17(13-14-9-5-4-6-10-14)18-21-15-11-7-8-12-16(15)22-18/h4-12,17H,13H2,1-3H3,(H,21,22)(H,23,24)/t17-/m0/s1. The van der Waals surface area contributed by atoms with Crippen LogP contribution in [0.2, 0.25) is 0 Å². The number of carbonyl (C=O) groups excluding carboxylic acids is 1. The van der Waals surface area contributed by atoms with Crippen molar-refractivity contribution >= 4 is 17.1 Å². The van der Waals surface area contributed by atoms with Gasteiger partial charge in [0.05, 0.1) is 17.1 Å². The average Bonchev–Trinajstić information content (AvgIpc) is 2.97. The molecule has 0 spiro atoms. The molecule has 0 bridgehead atoms. The summed E-state index contributed by atoms with van der Waals surface area (Å²) in [7, 11) is 0. The number of carbonyl (C=O) groups is 1. The van der Waals surface area contributed by atoms with E-state index in [0.29, 0.717) is 6.42 Å². The van der Waals surface area contributed by atoms with Crippen LogP contribution in [0.1, 0.15) is 38.2 Å². The van der Waals surface area contributed by atoms with Gasteiger partial charge in [0.2, 0.25) is 0 Å². The molecule has 0 saturated heterocycles. The first-order valence-corrected chi connectivity index (χ1v) is 8.39. The Kier molecular flexibility index (Phi) is 4.74. The summed E-state index contributed by atoms with van der Waals surface area (Å²) in [6.45, 7) is 5.54. The van der Waals surface area contributed by atoms with Crippen molar-refractivity contribution in [2.24, 2.45) is 0 Å². The van der Waals surface area contributed by atoms with Crippen LogP contribution < -0.4 is 5.32 Å². The van der Waals surface area contributed by atoms with Gasteiger partial charge in [-0.25, -0.2) is 9.78 Å². The summed E-state index contributed by atoms with van der Waals surface area (Å²) in [4.78, 5) is 20.2. The maximum absolute atomic E-state index is 12.3. The van der Waals surface area contributed by atoms with Crippen LogP contribution in [0.5, 0.6) is 0 Å². The number of nitrogens with zero attached hydrogens (tertiary/aromatic N) is 1. The molecule has 1 amide bonds. The van der Waals surface area contributed by atoms with Crippen molar-refractivity contribution in [3.8, 4) is 0 Å². The number of H-pyrrole nitrogens is 1. The van der Waals surface area contributed by atoms with E-state index in [9.17, 15) is 4.79 Å². The van der Waals surface area contributed by atoms with Crippen molar-refractivity contribution in [1.82, 2.24) is 15.3 Å². The summed E-state index contributed by atoms with van der Waals surface area (Å²) >= 11 is 0. The molecule has 2 aromatic carbocycles. The van der Waals surface area contributed by atoms with Gasteiger partial charge in [0.25, 0.3) is 0 Å². The zero-order valence-corrected chi connectivity index (χ0v) is 14.7. The van der Waals surface area contributed by atoms with Crippen LogP contribution in [0.15, 0.2) is 54.6 Å². The number of benzene rings is 2. The lowest BCUT2D eigenvalue weighted by atomic mass is 10.1. The fourth-order valence-electron chi connectivity index (χ4n) is 2.65. The molecule has 0 aliphatic rings. The maximum atomic E-state index is 12.3. The van der Waals surface area contributed by atoms with E-state index in [1.807, 2.05) is 75.4 Å². The molecule has 0 saturated carbocycles. The zero-order valence-electron chi connectivity index (χ0n) is 14.7. The van der Waals surface area contributed by atoms with Crippen molar-refractivity contribution in [1.29, 1.82) is 0 Å². The molecule has 1 aromatic heterocycles. The van der Waals surface area contributed by atoms with Gasteiger partial charge in [0.1, 0.15) is 11.4 Å². The Morgan fingerprint density at radius 2 is 1.80 bits per heavy atom. The molecule has 1 heterocycles. The van der Waals surface area contributed by atoms with Crippen molar-refractivity contribution in [2.75, 3.05) is 0 Å². The third-order valence-corrected chi connectivity index (χ3v) is 3.71. The molecular weight excluding hydrogens is 314 g/mol. The van der Waals surface area contributed by atoms with Gasteiger partial charge in [-0.1, -0.05) is 42.5 Å². The Morgan fingerprint density at radius 3 is 2.48 bits per heavy atom. The second-order valence-electron chi connectivity index (χ2n) is 7.03. The number of amides is 1. The molecule has 3 rings (SSSR count). The quantitative estimate of drug-likeness (QED) is 0.743. The molecule has 130 valence electrons. The highest BCUT2D eigenvalue weighted by atomic mass is 16.6. The topological polar surface area (TPSA) is 67.0 Å². The highest BCUT2D eigenvalue weighted by molar-refractivity contribution is 5.75. The van der Waals surface area contributed by atoms with Gasteiger partial charge in [-0.05, 0) is 38.5 Å². The highest BCUT2D eigenvalue weighted by Gasteiger charge is 2.23. The molecule has 0 fully saturated rings. The van der Waals surface area contributed by atoms with Crippen LogP contribution in [0.4, 0.5) is 4.79 Å². The van der Waals surface area contributed by atoms with E-state index in [-0.39, 0.29) is 6.04 Å². The minimum absolute atomic E-state index is 0.301. The first-order chi connectivity index (χ1) is 11.9. The number of aromatic nitrogens is 2. The maximum Gasteiger partial charge on any atom is 0.408 e. The van der Waals surface area contributed by atoms with Crippen LogP contribution in [0.3, 0.4) is 0 Å². The molecular formula is C20H23N3O2. The Morgan fingerprint density at radius 1 is 1.12 bits per heavy atom. The third kappa shape index (κ3) is 4.59. The molecule has 5 nitrogen and oxygen atoms in total. The molecule has 25 heavy (non-hydrogen) atoms. The zero-order chi connectivity index (χ0) is 17.9. The molecule has 5 heteroatoms. The summed E-state index contributed by atoms with van der Waals surface area (Å²) in [6, 6.07) is 17.5. The van der Waals surface area contributed by atoms with E-state index in [4.69, 9.17) is 4.74 Å². The van der Waals surface area contributed by atoms with Gasteiger partial charge < -0.3 is 15.0 Å². The number of ether oxygens (including phenoxy) is 1. The Labute approximate surface area is 147 Å². The largest absolute Gasteiger partial charge is 0.444 e. The number of imidazole rings is 1. The van der Waals surface area contributed by atoms with E-state index >= 15 is 0 Å². The number of alkyl carbamates (subject to hydrolysis) is 1. The molecule has 0 aliphatic heterocycles. The monoisotopic (exact) mass is 337 g/mol. The van der Waals surface area contributed by atoms with Crippen molar-refractivity contribution in [3.05, 3.63) is 66.0 Å². The van der Waals surface area contributed by atoms with E-state index in [1.54, 1.807) is 0 Å². The van der Waals surface area contributed by atoms with Crippen molar-refractivity contribution in [3.63, 3.8) is 0 Å². The van der Waals surface area contributed by atoms with Gasteiger partial charge in [-0.2, -0.15) is 0 Å². The Bertz CT molecular complexity index is 817. The lowest BCUT2D eigenvalue weighted by Gasteiger charge is -2.23. The van der Waals surface area contributed by atoms with E-state index in [0.717, 1.165) is 22.4 Å². The average molecular weight is 337 g/mol. The predicted octanol–water partition coefficient (Wildman–Crippen LogP) is 4.37. The van der Waals surface area contributed by atoms with E-state index < -0.39 is 11.7 Å². The number of hydrogen-bond donors (Lipinski definition) is 2. The minimum atomic E-state index is -0.546. The van der Waals surface area contributed by atoms with Crippen LogP contribution in [-0.2, 0) is 11.2 Å². The summed E-state index contributed by atoms with van der Waals surface area (Å²) in [5, 5.41) is 2.94. The van der Waals surface area contributed by atoms with Gasteiger partial charge in [-0.3, -0.25) is 0 Å². The van der Waals surface area contributed by atoms with E-state index in [1.165, 1.54) is 0 Å². The van der Waals surface area contributed by atoms with E-state index in [2.05, 4.69) is 15.3 Å². The molecule has 2 N–H and O–H groups in total. The molecule has 0 aliphatic carbocycles. The first kappa shape index (κ1) is 17.0. The Balaban J connectivity index is 1.86. The molecule has 0 unspecified atom stereocenters. The van der Waals surface area contributed by atoms with Gasteiger partial charge in [0, 0.05) is 6.42 Å². The van der Waals surface area contributed by atoms with Crippen LogP contribution in [-0.4, -0.2) is 21.7 Å². The van der Waals surface area contributed by atoms with Crippen LogP contribution in [0, 0.1) is 0 Å². The predicted molar refractivity (Wildman–Crippen MR) is 98.4 cm³/mol. The number of fused-ring (bicyclic) bond motifs is 1. The van der Waals surface area contributed by atoms with Gasteiger partial charge in [0.15, 0.2) is 0 Å². The smallest absolute Gasteiger partial charge is 0.408 e. The number of para-hydroxylation sites is 2. The lowest BCUT2D eigenvalue weighted by Crippen LogP contribution is -2.36. The first-order valence-electron chi connectivity index (χ1n) is 8.39. The van der Waals surface area contributed by atoms with Crippen LogP contribution >= 0.6 is 0 Å². The Hall–Kier alpha value is -2.82. The molecule has 3 aromatic rings. The number of aromatic amines is 1. The minimum Gasteiger partial charge on any atom is -0.444 e. The molecule has 0 radical (unpaired) electrons. The normalized spacial score (nSPS) is 12.8. The number of rotatable bonds is 4. The summed E-state index contributed by atoms with van der Waals surface area (Å²) in [5.74, 6) is 0.718. The second kappa shape index (κ2) is 6.97. The fraction of sp³-hybridized carbons (Fsp3) is 0.300. The van der Waals surface area contributed by atoms with Gasteiger partial charge >= 0.3 is 6.09 Å². The molecule has 1 atom stereocenters. The summed E-state index contributed by atoms with van der Waals surface area (Å²) in [5.41, 5.74) is 2.39. The summed E-state index contributed by atoms with van der Waals surface area (Å²) < 4.78 is 5.41. The number of nitrogens with one attached hydrogen (secondary N) is 2. The highest BCUT2D eigenvalue weighted by Crippen LogP contribution is 2.20. The second-order valence-corrected chi connectivity index (χ2v) is 7.03. The summed E-state index contributed by atoms with van der Waals surface area (Å²) in [6.07, 6.45) is 0.175. The third-order valence-electron chi connectivity index (χ3n) is 3.71. The van der Waals surface area contributed by atoms with Gasteiger partial charge in [-0.15, -0.1) is 0 Å². The lowest BCUT2D eigenvalue weighted by molar-refractivity contribution is 0.0501. The SMILES string of the molecule is CC(C)(C)OC(=O)N[C@@H](Cc1ccccc1)c1nc2ccccc2[nH]1. The number of hydrogen-bond acceptors (Lipinski definition) is 3. The van der Waals surface area contributed by atoms with Crippen molar-refractivity contribution < 1.29 is 9.53 Å².